The number of hydrogen-bond acceptors (Lipinski definition) is 3. The highest BCUT2D eigenvalue weighted by Crippen LogP contribution is 2.32. The molecule has 0 aliphatic heterocycles. The molecular weight excluding hydrogens is 298 g/mol. The molecular formula is C21H33NO2. The number of pyridine rings is 1. The highest BCUT2D eigenvalue weighted by atomic mass is 16.5. The number of aromatic nitrogens is 1. The number of nitrogens with zero attached hydrogens (tertiary/aromatic N) is 1. The summed E-state index contributed by atoms with van der Waals surface area (Å²) >= 11 is 0. The van der Waals surface area contributed by atoms with Gasteiger partial charge in [-0.3, -0.25) is 4.98 Å². The van der Waals surface area contributed by atoms with Gasteiger partial charge < -0.3 is 4.74 Å². The number of ether oxygens (including phenoxy) is 1. The van der Waals surface area contributed by atoms with Crippen molar-refractivity contribution in [3.05, 3.63) is 30.1 Å². The Morgan fingerprint density at radius 1 is 1.08 bits per heavy atom. The molecule has 1 aromatic rings. The molecule has 1 fully saturated rings. The van der Waals surface area contributed by atoms with Crippen molar-refractivity contribution >= 4 is 5.97 Å². The van der Waals surface area contributed by atoms with E-state index in [1.54, 1.807) is 24.5 Å². The number of carbonyl (C=O) groups is 1. The molecule has 3 heteroatoms. The van der Waals surface area contributed by atoms with Crippen LogP contribution in [0.25, 0.3) is 0 Å². The number of hydrogen-bond donors (Lipinski definition) is 0. The third-order valence-electron chi connectivity index (χ3n) is 5.28. The van der Waals surface area contributed by atoms with Gasteiger partial charge in [-0.05, 0) is 36.8 Å². The highest BCUT2D eigenvalue weighted by molar-refractivity contribution is 5.88. The Hall–Kier alpha value is -1.38. The third kappa shape index (κ3) is 7.02. The van der Waals surface area contributed by atoms with E-state index in [0.717, 1.165) is 5.92 Å². The number of carbonyl (C=O) groups excluding carboxylic acids is 1. The van der Waals surface area contributed by atoms with Crippen molar-refractivity contribution in [3.63, 3.8) is 0 Å². The molecule has 0 radical (unpaired) electrons. The van der Waals surface area contributed by atoms with Crippen molar-refractivity contribution in [1.82, 2.24) is 4.98 Å². The first-order chi connectivity index (χ1) is 11.8. The fourth-order valence-corrected chi connectivity index (χ4v) is 3.66. The average Bonchev–Trinajstić information content (AvgIpc) is 2.64. The summed E-state index contributed by atoms with van der Waals surface area (Å²) in [6.45, 7) is 2.84. The molecule has 0 N–H and O–H groups in total. The van der Waals surface area contributed by atoms with Gasteiger partial charge in [0.25, 0.3) is 0 Å². The lowest BCUT2D eigenvalue weighted by atomic mass is 9.80. The second-order valence-corrected chi connectivity index (χ2v) is 7.28. The van der Waals surface area contributed by atoms with Crippen molar-refractivity contribution < 1.29 is 9.53 Å². The maximum Gasteiger partial charge on any atom is 0.339 e. The zero-order chi connectivity index (χ0) is 17.0. The fraction of sp³-hybridized carbons (Fsp3) is 0.714. The summed E-state index contributed by atoms with van der Waals surface area (Å²) in [4.78, 5) is 15.9. The molecule has 0 atom stereocenters. The smallest absolute Gasteiger partial charge is 0.339 e. The lowest BCUT2D eigenvalue weighted by Crippen LogP contribution is -2.20. The van der Waals surface area contributed by atoms with Gasteiger partial charge in [0.15, 0.2) is 0 Å². The minimum atomic E-state index is -0.239. The van der Waals surface area contributed by atoms with Crippen LogP contribution in [-0.4, -0.2) is 17.6 Å². The van der Waals surface area contributed by atoms with E-state index in [-0.39, 0.29) is 5.97 Å². The first-order valence-corrected chi connectivity index (χ1v) is 9.86. The van der Waals surface area contributed by atoms with Crippen LogP contribution in [0.4, 0.5) is 0 Å². The van der Waals surface area contributed by atoms with E-state index in [9.17, 15) is 4.79 Å². The summed E-state index contributed by atoms with van der Waals surface area (Å²) < 4.78 is 5.46. The minimum Gasteiger partial charge on any atom is -0.462 e. The zero-order valence-corrected chi connectivity index (χ0v) is 15.2. The largest absolute Gasteiger partial charge is 0.462 e. The first-order valence-electron chi connectivity index (χ1n) is 9.86. The molecule has 1 saturated carbocycles. The van der Waals surface area contributed by atoms with Gasteiger partial charge in [-0.1, -0.05) is 64.7 Å². The molecule has 1 aliphatic rings. The van der Waals surface area contributed by atoms with Gasteiger partial charge in [0.2, 0.25) is 0 Å². The molecule has 0 spiro atoms. The molecule has 0 bridgehead atoms. The Morgan fingerprint density at radius 2 is 1.79 bits per heavy atom. The summed E-state index contributed by atoms with van der Waals surface area (Å²) in [5.74, 6) is 1.21. The molecule has 3 nitrogen and oxygen atoms in total. The number of rotatable bonds is 10. The molecule has 1 aromatic heterocycles. The third-order valence-corrected chi connectivity index (χ3v) is 5.28. The predicted octanol–water partition coefficient (Wildman–Crippen LogP) is 5.80. The normalized spacial score (nSPS) is 20.7. The van der Waals surface area contributed by atoms with E-state index in [1.165, 1.54) is 70.6 Å². The lowest BCUT2D eigenvalue weighted by molar-refractivity contribution is 0.0392. The Kier molecular flexibility index (Phi) is 8.86. The zero-order valence-electron chi connectivity index (χ0n) is 15.2. The molecule has 0 amide bonds. The molecule has 24 heavy (non-hydrogen) atoms. The van der Waals surface area contributed by atoms with Gasteiger partial charge in [-0.25, -0.2) is 4.79 Å². The molecule has 134 valence electrons. The van der Waals surface area contributed by atoms with Crippen molar-refractivity contribution in [2.75, 3.05) is 6.61 Å². The topological polar surface area (TPSA) is 39.2 Å². The summed E-state index contributed by atoms with van der Waals surface area (Å²) in [6, 6.07) is 3.52. The van der Waals surface area contributed by atoms with Gasteiger partial charge in [-0.2, -0.15) is 0 Å². The predicted molar refractivity (Wildman–Crippen MR) is 98.0 cm³/mol. The Labute approximate surface area is 147 Å². The minimum absolute atomic E-state index is 0.239. The second kappa shape index (κ2) is 11.2. The standard InChI is InChI=1S/C21H33NO2/c1-2-3-4-5-6-7-9-18-11-13-19(14-12-18)17-24-21(23)20-10-8-15-22-16-20/h8,10,15-16,18-19H,2-7,9,11-14,17H2,1H3. The quantitative estimate of drug-likeness (QED) is 0.402. The van der Waals surface area contributed by atoms with Crippen LogP contribution in [0.2, 0.25) is 0 Å². The Morgan fingerprint density at radius 3 is 2.50 bits per heavy atom. The molecule has 0 saturated heterocycles. The monoisotopic (exact) mass is 331 g/mol. The van der Waals surface area contributed by atoms with Gasteiger partial charge in [-0.15, -0.1) is 0 Å². The maximum absolute atomic E-state index is 11.9. The van der Waals surface area contributed by atoms with Crippen LogP contribution in [0.1, 0.15) is 87.9 Å². The first kappa shape index (κ1) is 19.0. The van der Waals surface area contributed by atoms with Crippen LogP contribution in [0.3, 0.4) is 0 Å². The molecule has 0 aromatic carbocycles. The lowest BCUT2D eigenvalue weighted by Gasteiger charge is -2.28. The number of unbranched alkanes of at least 4 members (excludes halogenated alkanes) is 5. The Balaban J connectivity index is 1.54. The van der Waals surface area contributed by atoms with Crippen LogP contribution < -0.4 is 0 Å². The summed E-state index contributed by atoms with van der Waals surface area (Å²) in [5.41, 5.74) is 0.550. The maximum atomic E-state index is 11.9. The number of esters is 1. The van der Waals surface area contributed by atoms with E-state index in [1.807, 2.05) is 0 Å². The summed E-state index contributed by atoms with van der Waals surface area (Å²) in [6.07, 6.45) is 18.0. The molecule has 0 unspecified atom stereocenters. The second-order valence-electron chi connectivity index (χ2n) is 7.28. The van der Waals surface area contributed by atoms with Crippen LogP contribution in [0, 0.1) is 11.8 Å². The molecule has 1 heterocycles. The van der Waals surface area contributed by atoms with Crippen molar-refractivity contribution in [3.8, 4) is 0 Å². The van der Waals surface area contributed by atoms with Crippen molar-refractivity contribution in [1.29, 1.82) is 0 Å². The van der Waals surface area contributed by atoms with Crippen LogP contribution in [0.15, 0.2) is 24.5 Å². The van der Waals surface area contributed by atoms with Gasteiger partial charge >= 0.3 is 5.97 Å². The molecule has 2 rings (SSSR count). The highest BCUT2D eigenvalue weighted by Gasteiger charge is 2.22. The van der Waals surface area contributed by atoms with Crippen LogP contribution in [-0.2, 0) is 4.74 Å². The van der Waals surface area contributed by atoms with E-state index in [0.29, 0.717) is 18.1 Å². The van der Waals surface area contributed by atoms with Gasteiger partial charge in [0, 0.05) is 12.4 Å². The van der Waals surface area contributed by atoms with Crippen LogP contribution in [0.5, 0.6) is 0 Å². The summed E-state index contributed by atoms with van der Waals surface area (Å²) in [7, 11) is 0. The SMILES string of the molecule is CCCCCCCCC1CCC(COC(=O)c2cccnc2)CC1. The fourth-order valence-electron chi connectivity index (χ4n) is 3.66. The van der Waals surface area contributed by atoms with E-state index in [4.69, 9.17) is 4.74 Å². The average molecular weight is 332 g/mol. The van der Waals surface area contributed by atoms with E-state index in [2.05, 4.69) is 11.9 Å². The van der Waals surface area contributed by atoms with Crippen LogP contribution >= 0.6 is 0 Å². The van der Waals surface area contributed by atoms with Gasteiger partial charge in [0.1, 0.15) is 0 Å². The van der Waals surface area contributed by atoms with Crippen molar-refractivity contribution in [2.45, 2.75) is 77.6 Å². The molecule has 1 aliphatic carbocycles. The summed E-state index contributed by atoms with van der Waals surface area (Å²) in [5, 5.41) is 0. The van der Waals surface area contributed by atoms with Crippen molar-refractivity contribution in [2.24, 2.45) is 11.8 Å². The van der Waals surface area contributed by atoms with Gasteiger partial charge in [0.05, 0.1) is 12.2 Å². The Bertz CT molecular complexity index is 452. The van der Waals surface area contributed by atoms with E-state index >= 15 is 0 Å². The van der Waals surface area contributed by atoms with E-state index < -0.39 is 0 Å².